The summed E-state index contributed by atoms with van der Waals surface area (Å²) in [7, 11) is 0. The molecule has 0 aliphatic heterocycles. The highest BCUT2D eigenvalue weighted by Crippen LogP contribution is 2.27. The number of rotatable bonds is 4. The van der Waals surface area contributed by atoms with Crippen molar-refractivity contribution >= 4 is 28.2 Å². The van der Waals surface area contributed by atoms with Crippen molar-refractivity contribution in [1.82, 2.24) is 4.98 Å². The number of ether oxygens (including phenoxy) is 1. The highest BCUT2D eigenvalue weighted by atomic mass is 16.5. The number of benzene rings is 3. The fourth-order valence-corrected chi connectivity index (χ4v) is 2.64. The molecule has 0 spiro atoms. The minimum absolute atomic E-state index is 0.174. The van der Waals surface area contributed by atoms with Crippen LogP contribution in [0.5, 0.6) is 5.75 Å². The maximum atomic E-state index is 11.5. The van der Waals surface area contributed by atoms with Gasteiger partial charge in [0.25, 0.3) is 0 Å². The summed E-state index contributed by atoms with van der Waals surface area (Å²) in [6.07, 6.45) is 0.823. The Morgan fingerprint density at radius 2 is 1.83 bits per heavy atom. The Morgan fingerprint density at radius 1 is 1.00 bits per heavy atom. The molecule has 3 aromatic carbocycles. The summed E-state index contributed by atoms with van der Waals surface area (Å²) < 4.78 is 11.4. The van der Waals surface area contributed by atoms with E-state index in [-0.39, 0.29) is 6.61 Å². The SMILES string of the molecule is O=Cc1c(OCc2nc3ccccc3o2)ccc2ccccc12. The van der Waals surface area contributed by atoms with Crippen molar-refractivity contribution in [2.24, 2.45) is 0 Å². The molecule has 0 bridgehead atoms. The largest absolute Gasteiger partial charge is 0.483 e. The first-order chi connectivity index (χ1) is 11.3. The average molecular weight is 303 g/mol. The maximum Gasteiger partial charge on any atom is 0.233 e. The van der Waals surface area contributed by atoms with E-state index in [1.807, 2.05) is 54.6 Å². The van der Waals surface area contributed by atoms with Crippen LogP contribution in [0.3, 0.4) is 0 Å². The molecule has 112 valence electrons. The van der Waals surface area contributed by atoms with Crippen LogP contribution < -0.4 is 4.74 Å². The summed E-state index contributed by atoms with van der Waals surface area (Å²) >= 11 is 0. The van der Waals surface area contributed by atoms with Crippen LogP contribution >= 0.6 is 0 Å². The second-order valence-electron chi connectivity index (χ2n) is 5.18. The van der Waals surface area contributed by atoms with Crippen LogP contribution in [0.2, 0.25) is 0 Å². The summed E-state index contributed by atoms with van der Waals surface area (Å²) in [5.74, 6) is 1.01. The third-order valence-electron chi connectivity index (χ3n) is 3.74. The fraction of sp³-hybridized carbons (Fsp3) is 0.0526. The number of aromatic nitrogens is 1. The first kappa shape index (κ1) is 13.5. The van der Waals surface area contributed by atoms with E-state index in [2.05, 4.69) is 4.98 Å². The molecule has 0 atom stereocenters. The van der Waals surface area contributed by atoms with Gasteiger partial charge in [-0.1, -0.05) is 42.5 Å². The molecule has 0 N–H and O–H groups in total. The van der Waals surface area contributed by atoms with Crippen LogP contribution in [0, 0.1) is 0 Å². The van der Waals surface area contributed by atoms with Gasteiger partial charge < -0.3 is 9.15 Å². The number of nitrogens with zero attached hydrogens (tertiary/aromatic N) is 1. The van der Waals surface area contributed by atoms with Gasteiger partial charge in [0.15, 0.2) is 18.5 Å². The van der Waals surface area contributed by atoms with Crippen molar-refractivity contribution in [3.8, 4) is 5.75 Å². The van der Waals surface area contributed by atoms with Crippen LogP contribution in [0.4, 0.5) is 0 Å². The van der Waals surface area contributed by atoms with Gasteiger partial charge in [-0.25, -0.2) is 4.98 Å². The normalized spacial score (nSPS) is 11.0. The Kier molecular flexibility index (Phi) is 3.27. The molecule has 0 saturated carbocycles. The second-order valence-corrected chi connectivity index (χ2v) is 5.18. The van der Waals surface area contributed by atoms with Gasteiger partial charge in [-0.15, -0.1) is 0 Å². The lowest BCUT2D eigenvalue weighted by molar-refractivity contribution is 0.112. The van der Waals surface area contributed by atoms with E-state index in [9.17, 15) is 4.79 Å². The van der Waals surface area contributed by atoms with Crippen LogP contribution in [0.25, 0.3) is 21.9 Å². The number of para-hydroxylation sites is 2. The summed E-state index contributed by atoms with van der Waals surface area (Å²) in [5.41, 5.74) is 2.06. The number of fused-ring (bicyclic) bond motifs is 2. The monoisotopic (exact) mass is 303 g/mol. The van der Waals surface area contributed by atoms with E-state index in [0.29, 0.717) is 17.2 Å². The van der Waals surface area contributed by atoms with Crippen LogP contribution in [0.1, 0.15) is 16.2 Å². The highest BCUT2D eigenvalue weighted by molar-refractivity contribution is 6.00. The number of oxazole rings is 1. The minimum Gasteiger partial charge on any atom is -0.483 e. The Labute approximate surface area is 132 Å². The quantitative estimate of drug-likeness (QED) is 0.525. The van der Waals surface area contributed by atoms with Gasteiger partial charge in [-0.2, -0.15) is 0 Å². The van der Waals surface area contributed by atoms with Crippen molar-refractivity contribution in [1.29, 1.82) is 0 Å². The van der Waals surface area contributed by atoms with Crippen molar-refractivity contribution in [2.45, 2.75) is 6.61 Å². The van der Waals surface area contributed by atoms with Gasteiger partial charge in [0.1, 0.15) is 11.3 Å². The zero-order chi connectivity index (χ0) is 15.6. The molecule has 4 nitrogen and oxygen atoms in total. The molecule has 4 rings (SSSR count). The molecule has 0 fully saturated rings. The summed E-state index contributed by atoms with van der Waals surface area (Å²) in [4.78, 5) is 15.8. The molecule has 0 aliphatic rings. The Bertz CT molecular complexity index is 971. The number of carbonyl (C=O) groups is 1. The van der Waals surface area contributed by atoms with Crippen molar-refractivity contribution in [3.63, 3.8) is 0 Å². The van der Waals surface area contributed by atoms with E-state index >= 15 is 0 Å². The third kappa shape index (κ3) is 2.44. The lowest BCUT2D eigenvalue weighted by atomic mass is 10.0. The van der Waals surface area contributed by atoms with Gasteiger partial charge in [0.2, 0.25) is 5.89 Å². The van der Waals surface area contributed by atoms with E-state index in [1.165, 1.54) is 0 Å². The molecule has 4 heteroatoms. The van der Waals surface area contributed by atoms with Crippen molar-refractivity contribution < 1.29 is 13.9 Å². The number of aldehydes is 1. The fourth-order valence-electron chi connectivity index (χ4n) is 2.64. The molecule has 0 unspecified atom stereocenters. The molecule has 0 radical (unpaired) electrons. The lowest BCUT2D eigenvalue weighted by Crippen LogP contribution is -1.99. The Hall–Kier alpha value is -3.14. The molecule has 4 aromatic rings. The second kappa shape index (κ2) is 5.57. The third-order valence-corrected chi connectivity index (χ3v) is 3.74. The predicted octanol–water partition coefficient (Wildman–Crippen LogP) is 4.37. The van der Waals surface area contributed by atoms with E-state index in [1.54, 1.807) is 6.07 Å². The first-order valence-corrected chi connectivity index (χ1v) is 7.29. The topological polar surface area (TPSA) is 52.3 Å². The number of hydrogen-bond donors (Lipinski definition) is 0. The molecule has 0 aliphatic carbocycles. The standard InChI is InChI=1S/C19H13NO3/c21-11-15-14-6-2-1-5-13(14)9-10-17(15)22-12-19-20-16-7-3-4-8-18(16)23-19/h1-11H,12H2. The highest BCUT2D eigenvalue weighted by Gasteiger charge is 2.10. The van der Waals surface area contributed by atoms with Gasteiger partial charge in [-0.3, -0.25) is 4.79 Å². The molecule has 23 heavy (non-hydrogen) atoms. The van der Waals surface area contributed by atoms with Gasteiger partial charge in [0, 0.05) is 0 Å². The van der Waals surface area contributed by atoms with E-state index < -0.39 is 0 Å². The molecular formula is C19H13NO3. The van der Waals surface area contributed by atoms with E-state index in [4.69, 9.17) is 9.15 Å². The van der Waals surface area contributed by atoms with Crippen LogP contribution in [-0.4, -0.2) is 11.3 Å². The summed E-state index contributed by atoms with van der Waals surface area (Å²) in [6, 6.07) is 19.0. The lowest BCUT2D eigenvalue weighted by Gasteiger charge is -2.09. The molecular weight excluding hydrogens is 290 g/mol. The zero-order valence-electron chi connectivity index (χ0n) is 12.2. The molecule has 1 heterocycles. The van der Waals surface area contributed by atoms with E-state index in [0.717, 1.165) is 28.2 Å². The molecule has 0 saturated heterocycles. The van der Waals surface area contributed by atoms with Gasteiger partial charge in [0.05, 0.1) is 5.56 Å². The number of carbonyl (C=O) groups excluding carboxylic acids is 1. The first-order valence-electron chi connectivity index (χ1n) is 7.29. The molecule has 1 aromatic heterocycles. The van der Waals surface area contributed by atoms with Crippen molar-refractivity contribution in [2.75, 3.05) is 0 Å². The molecule has 0 amide bonds. The van der Waals surface area contributed by atoms with Gasteiger partial charge >= 0.3 is 0 Å². The van der Waals surface area contributed by atoms with Crippen LogP contribution in [-0.2, 0) is 6.61 Å². The zero-order valence-corrected chi connectivity index (χ0v) is 12.2. The smallest absolute Gasteiger partial charge is 0.233 e. The van der Waals surface area contributed by atoms with Crippen molar-refractivity contribution in [3.05, 3.63) is 72.1 Å². The summed E-state index contributed by atoms with van der Waals surface area (Å²) in [6.45, 7) is 0.174. The van der Waals surface area contributed by atoms with Crippen LogP contribution in [0.15, 0.2) is 65.1 Å². The number of hydrogen-bond acceptors (Lipinski definition) is 4. The predicted molar refractivity (Wildman–Crippen MR) is 87.7 cm³/mol. The summed E-state index contributed by atoms with van der Waals surface area (Å²) in [5, 5.41) is 1.88. The Morgan fingerprint density at radius 3 is 2.70 bits per heavy atom. The average Bonchev–Trinajstić information content (AvgIpc) is 3.02. The Balaban J connectivity index is 1.66. The maximum absolute atomic E-state index is 11.5. The minimum atomic E-state index is 0.174. The van der Waals surface area contributed by atoms with Gasteiger partial charge in [-0.05, 0) is 29.0 Å².